The van der Waals surface area contributed by atoms with Crippen LogP contribution in [0.15, 0.2) is 24.3 Å². The number of anilines is 1. The van der Waals surface area contributed by atoms with E-state index in [1.54, 1.807) is 0 Å². The molecule has 1 atom stereocenters. The summed E-state index contributed by atoms with van der Waals surface area (Å²) in [5, 5.41) is 5.74. The number of carbonyl (C=O) groups is 1. The number of hydrogen-bond donors (Lipinski definition) is 3. The minimum absolute atomic E-state index is 0.0233. The summed E-state index contributed by atoms with van der Waals surface area (Å²) in [4.78, 5) is 11.7. The standard InChI is InChI=1S/C14H21N3O/c1-10(15)12-6-3-7-13(8-12)17-14(18)16-9-11-4-2-5-11/h3,6-8,10-11H,2,4-5,9,15H2,1H3,(H2,16,17,18). The number of carbonyl (C=O) groups excluding carboxylic acids is 1. The Balaban J connectivity index is 1.83. The van der Waals surface area contributed by atoms with Gasteiger partial charge in [-0.25, -0.2) is 4.79 Å². The lowest BCUT2D eigenvalue weighted by molar-refractivity contribution is 0.243. The quantitative estimate of drug-likeness (QED) is 0.765. The molecule has 0 bridgehead atoms. The van der Waals surface area contributed by atoms with Crippen molar-refractivity contribution in [2.75, 3.05) is 11.9 Å². The molecule has 98 valence electrons. The van der Waals surface area contributed by atoms with Crippen molar-refractivity contribution in [1.82, 2.24) is 5.32 Å². The molecule has 2 rings (SSSR count). The summed E-state index contributed by atoms with van der Waals surface area (Å²) in [7, 11) is 0. The molecule has 1 saturated carbocycles. The van der Waals surface area contributed by atoms with Crippen LogP contribution < -0.4 is 16.4 Å². The number of urea groups is 1. The van der Waals surface area contributed by atoms with Crippen molar-refractivity contribution >= 4 is 11.7 Å². The van der Waals surface area contributed by atoms with Crippen molar-refractivity contribution in [2.24, 2.45) is 11.7 Å². The van der Waals surface area contributed by atoms with Crippen molar-refractivity contribution in [3.63, 3.8) is 0 Å². The van der Waals surface area contributed by atoms with Crippen LogP contribution in [0.5, 0.6) is 0 Å². The average Bonchev–Trinajstić information content (AvgIpc) is 2.27. The first-order valence-electron chi connectivity index (χ1n) is 6.55. The number of nitrogens with one attached hydrogen (secondary N) is 2. The average molecular weight is 247 g/mol. The molecule has 0 aromatic heterocycles. The van der Waals surface area contributed by atoms with Crippen LogP contribution in [-0.2, 0) is 0 Å². The summed E-state index contributed by atoms with van der Waals surface area (Å²) in [5.74, 6) is 0.672. The molecule has 1 aliphatic rings. The molecule has 0 saturated heterocycles. The number of benzene rings is 1. The topological polar surface area (TPSA) is 67.1 Å². The third-order valence-corrected chi connectivity index (χ3v) is 3.45. The molecular weight excluding hydrogens is 226 g/mol. The normalized spacial score (nSPS) is 16.8. The lowest BCUT2D eigenvalue weighted by Gasteiger charge is -2.25. The number of amides is 2. The molecule has 1 aliphatic carbocycles. The molecule has 0 heterocycles. The Hall–Kier alpha value is -1.55. The second-order valence-electron chi connectivity index (χ2n) is 5.05. The van der Waals surface area contributed by atoms with Gasteiger partial charge in [0, 0.05) is 18.3 Å². The first-order valence-corrected chi connectivity index (χ1v) is 6.55. The van der Waals surface area contributed by atoms with Gasteiger partial charge in [0.05, 0.1) is 0 Å². The zero-order chi connectivity index (χ0) is 13.0. The minimum atomic E-state index is -0.135. The van der Waals surface area contributed by atoms with E-state index >= 15 is 0 Å². The van der Waals surface area contributed by atoms with Gasteiger partial charge >= 0.3 is 6.03 Å². The van der Waals surface area contributed by atoms with E-state index in [2.05, 4.69) is 10.6 Å². The van der Waals surface area contributed by atoms with Gasteiger partial charge in [-0.1, -0.05) is 18.6 Å². The molecule has 2 amide bonds. The van der Waals surface area contributed by atoms with Gasteiger partial charge in [0.1, 0.15) is 0 Å². The third-order valence-electron chi connectivity index (χ3n) is 3.45. The summed E-state index contributed by atoms with van der Waals surface area (Å²) in [6, 6.07) is 7.48. The van der Waals surface area contributed by atoms with Crippen molar-refractivity contribution in [3.05, 3.63) is 29.8 Å². The van der Waals surface area contributed by atoms with E-state index in [-0.39, 0.29) is 12.1 Å². The highest BCUT2D eigenvalue weighted by molar-refractivity contribution is 5.89. The van der Waals surface area contributed by atoms with Crippen molar-refractivity contribution < 1.29 is 4.79 Å². The first-order chi connectivity index (χ1) is 8.65. The van der Waals surface area contributed by atoms with Gasteiger partial charge in [-0.3, -0.25) is 0 Å². The summed E-state index contributed by atoms with van der Waals surface area (Å²) in [6.07, 6.45) is 3.77. The second kappa shape index (κ2) is 5.87. The fraction of sp³-hybridized carbons (Fsp3) is 0.500. The summed E-state index contributed by atoms with van der Waals surface area (Å²) < 4.78 is 0. The van der Waals surface area contributed by atoms with Crippen LogP contribution in [-0.4, -0.2) is 12.6 Å². The minimum Gasteiger partial charge on any atom is -0.338 e. The Kier molecular flexibility index (Phi) is 4.20. The van der Waals surface area contributed by atoms with Gasteiger partial charge in [0.2, 0.25) is 0 Å². The van der Waals surface area contributed by atoms with Gasteiger partial charge in [0.25, 0.3) is 0 Å². The predicted molar refractivity (Wildman–Crippen MR) is 73.4 cm³/mol. The highest BCUT2D eigenvalue weighted by Gasteiger charge is 2.17. The van der Waals surface area contributed by atoms with Crippen LogP contribution in [0.25, 0.3) is 0 Å². The van der Waals surface area contributed by atoms with Crippen LogP contribution in [0.4, 0.5) is 10.5 Å². The van der Waals surface area contributed by atoms with Gasteiger partial charge in [-0.05, 0) is 43.4 Å². The molecule has 0 radical (unpaired) electrons. The van der Waals surface area contributed by atoms with Crippen molar-refractivity contribution in [3.8, 4) is 0 Å². The van der Waals surface area contributed by atoms with Crippen molar-refractivity contribution in [1.29, 1.82) is 0 Å². The van der Waals surface area contributed by atoms with E-state index in [0.717, 1.165) is 17.8 Å². The van der Waals surface area contributed by atoms with E-state index in [1.807, 2.05) is 31.2 Å². The summed E-state index contributed by atoms with van der Waals surface area (Å²) in [6.45, 7) is 2.70. The van der Waals surface area contributed by atoms with E-state index in [0.29, 0.717) is 5.92 Å². The van der Waals surface area contributed by atoms with Crippen molar-refractivity contribution in [2.45, 2.75) is 32.2 Å². The lowest BCUT2D eigenvalue weighted by atomic mass is 9.85. The Morgan fingerprint density at radius 3 is 2.89 bits per heavy atom. The molecule has 18 heavy (non-hydrogen) atoms. The lowest BCUT2D eigenvalue weighted by Crippen LogP contribution is -2.35. The van der Waals surface area contributed by atoms with E-state index < -0.39 is 0 Å². The molecule has 1 aromatic carbocycles. The Morgan fingerprint density at radius 2 is 2.28 bits per heavy atom. The number of hydrogen-bond acceptors (Lipinski definition) is 2. The smallest absolute Gasteiger partial charge is 0.319 e. The van der Waals surface area contributed by atoms with Gasteiger partial charge in [0.15, 0.2) is 0 Å². The molecular formula is C14H21N3O. The first kappa shape index (κ1) is 12.9. The zero-order valence-electron chi connectivity index (χ0n) is 10.8. The molecule has 1 aromatic rings. The Labute approximate surface area is 108 Å². The van der Waals surface area contributed by atoms with Crippen LogP contribution in [0, 0.1) is 5.92 Å². The SMILES string of the molecule is CC(N)c1cccc(NC(=O)NCC2CCC2)c1. The molecule has 4 nitrogen and oxygen atoms in total. The maximum Gasteiger partial charge on any atom is 0.319 e. The number of rotatable bonds is 4. The monoisotopic (exact) mass is 247 g/mol. The fourth-order valence-corrected chi connectivity index (χ4v) is 2.01. The fourth-order valence-electron chi connectivity index (χ4n) is 2.01. The van der Waals surface area contributed by atoms with Crippen LogP contribution in [0.3, 0.4) is 0 Å². The summed E-state index contributed by atoms with van der Waals surface area (Å²) in [5.41, 5.74) is 7.62. The maximum atomic E-state index is 11.7. The van der Waals surface area contributed by atoms with Crippen LogP contribution in [0.1, 0.15) is 37.8 Å². The molecule has 1 unspecified atom stereocenters. The van der Waals surface area contributed by atoms with E-state index in [9.17, 15) is 4.79 Å². The second-order valence-corrected chi connectivity index (χ2v) is 5.05. The Morgan fingerprint density at radius 1 is 1.50 bits per heavy atom. The van der Waals surface area contributed by atoms with Gasteiger partial charge in [-0.2, -0.15) is 0 Å². The molecule has 1 fully saturated rings. The third kappa shape index (κ3) is 3.47. The summed E-state index contributed by atoms with van der Waals surface area (Å²) >= 11 is 0. The Bertz CT molecular complexity index is 413. The predicted octanol–water partition coefficient (Wildman–Crippen LogP) is 2.63. The highest BCUT2D eigenvalue weighted by Crippen LogP contribution is 2.25. The zero-order valence-corrected chi connectivity index (χ0v) is 10.8. The largest absolute Gasteiger partial charge is 0.338 e. The maximum absolute atomic E-state index is 11.7. The van der Waals surface area contributed by atoms with Crippen LogP contribution >= 0.6 is 0 Å². The van der Waals surface area contributed by atoms with Gasteiger partial charge in [-0.15, -0.1) is 0 Å². The highest BCUT2D eigenvalue weighted by atomic mass is 16.2. The molecule has 0 spiro atoms. The van der Waals surface area contributed by atoms with E-state index in [4.69, 9.17) is 5.73 Å². The molecule has 0 aliphatic heterocycles. The number of nitrogens with two attached hydrogens (primary N) is 1. The molecule has 4 N–H and O–H groups in total. The molecule has 4 heteroatoms. The van der Waals surface area contributed by atoms with E-state index in [1.165, 1.54) is 19.3 Å². The van der Waals surface area contributed by atoms with Gasteiger partial charge < -0.3 is 16.4 Å². The van der Waals surface area contributed by atoms with Crippen LogP contribution in [0.2, 0.25) is 0 Å².